The van der Waals surface area contributed by atoms with Crippen LogP contribution in [0.4, 0.5) is 5.95 Å². The zero-order chi connectivity index (χ0) is 11.8. The Kier molecular flexibility index (Phi) is 5.27. The molecular weight excluding hydrogens is 212 g/mol. The topological polar surface area (TPSA) is 92.4 Å². The van der Waals surface area contributed by atoms with Crippen LogP contribution in [-0.4, -0.2) is 41.9 Å². The average molecular weight is 228 g/mol. The van der Waals surface area contributed by atoms with E-state index in [2.05, 4.69) is 15.0 Å². The van der Waals surface area contributed by atoms with E-state index >= 15 is 0 Å². The van der Waals surface area contributed by atoms with Gasteiger partial charge < -0.3 is 19.9 Å². The van der Waals surface area contributed by atoms with Gasteiger partial charge >= 0.3 is 12.0 Å². The quantitative estimate of drug-likeness (QED) is 0.669. The Labute approximate surface area is 94.0 Å². The van der Waals surface area contributed by atoms with Gasteiger partial charge in [-0.05, 0) is 6.92 Å². The molecule has 16 heavy (non-hydrogen) atoms. The van der Waals surface area contributed by atoms with E-state index in [1.54, 1.807) is 7.11 Å². The molecule has 1 aromatic rings. The molecule has 0 fully saturated rings. The summed E-state index contributed by atoms with van der Waals surface area (Å²) in [6, 6.07) is 0.351. The van der Waals surface area contributed by atoms with Gasteiger partial charge in [0.1, 0.15) is 0 Å². The molecule has 90 valence electrons. The van der Waals surface area contributed by atoms with Crippen LogP contribution in [0, 0.1) is 0 Å². The minimum absolute atomic E-state index is 0.0835. The molecule has 0 saturated heterocycles. The molecule has 0 saturated carbocycles. The summed E-state index contributed by atoms with van der Waals surface area (Å²) in [5.41, 5.74) is 5.47. The molecule has 0 radical (unpaired) electrons. The molecule has 0 bridgehead atoms. The maximum Gasteiger partial charge on any atom is 0.324 e. The number of aromatic nitrogens is 3. The van der Waals surface area contributed by atoms with E-state index in [4.69, 9.17) is 19.9 Å². The molecule has 1 aromatic heterocycles. The Morgan fingerprint density at radius 1 is 1.06 bits per heavy atom. The number of nitrogens with zero attached hydrogens (tertiary/aromatic N) is 3. The van der Waals surface area contributed by atoms with Gasteiger partial charge in [0.25, 0.3) is 0 Å². The molecule has 2 N–H and O–H groups in total. The van der Waals surface area contributed by atoms with Gasteiger partial charge in [-0.2, -0.15) is 9.97 Å². The predicted octanol–water partition coefficient (Wildman–Crippen LogP) is 0.268. The second-order valence-electron chi connectivity index (χ2n) is 2.89. The van der Waals surface area contributed by atoms with Crippen LogP contribution in [0.25, 0.3) is 0 Å². The van der Waals surface area contributed by atoms with E-state index in [1.165, 1.54) is 0 Å². The highest BCUT2D eigenvalue weighted by Crippen LogP contribution is 2.10. The van der Waals surface area contributed by atoms with Gasteiger partial charge in [0.2, 0.25) is 5.95 Å². The summed E-state index contributed by atoms with van der Waals surface area (Å²) in [5, 5.41) is 0. The van der Waals surface area contributed by atoms with E-state index in [9.17, 15) is 0 Å². The van der Waals surface area contributed by atoms with E-state index in [0.29, 0.717) is 19.8 Å². The van der Waals surface area contributed by atoms with Crippen molar-refractivity contribution in [2.45, 2.75) is 13.3 Å². The number of ether oxygens (including phenoxy) is 3. The molecule has 7 nitrogen and oxygen atoms in total. The van der Waals surface area contributed by atoms with E-state index in [-0.39, 0.29) is 18.0 Å². The van der Waals surface area contributed by atoms with E-state index in [1.807, 2.05) is 6.92 Å². The number of rotatable bonds is 7. The molecule has 0 aliphatic rings. The van der Waals surface area contributed by atoms with Gasteiger partial charge in [0, 0.05) is 20.1 Å². The van der Waals surface area contributed by atoms with Gasteiger partial charge in [-0.25, -0.2) is 0 Å². The predicted molar refractivity (Wildman–Crippen MR) is 57.4 cm³/mol. The first-order valence-corrected chi connectivity index (χ1v) is 5.02. The van der Waals surface area contributed by atoms with Crippen LogP contribution in [0.3, 0.4) is 0 Å². The maximum absolute atomic E-state index is 5.47. The van der Waals surface area contributed by atoms with Crippen molar-refractivity contribution in [3.05, 3.63) is 0 Å². The fraction of sp³-hybridized carbons (Fsp3) is 0.667. The lowest BCUT2D eigenvalue weighted by molar-refractivity contribution is 0.168. The van der Waals surface area contributed by atoms with Crippen molar-refractivity contribution in [1.82, 2.24) is 15.0 Å². The number of methoxy groups -OCH3 is 1. The van der Waals surface area contributed by atoms with Crippen molar-refractivity contribution in [1.29, 1.82) is 0 Å². The lowest BCUT2D eigenvalue weighted by Gasteiger charge is -2.06. The molecule has 0 aliphatic carbocycles. The van der Waals surface area contributed by atoms with Crippen molar-refractivity contribution in [3.8, 4) is 12.0 Å². The normalized spacial score (nSPS) is 10.1. The fourth-order valence-electron chi connectivity index (χ4n) is 0.978. The largest absolute Gasteiger partial charge is 0.464 e. The lowest BCUT2D eigenvalue weighted by Crippen LogP contribution is -2.08. The standard InChI is InChI=1S/C9H16N4O3/c1-3-15-8-11-7(10)12-9(13-8)16-6-4-5-14-2/h3-6H2,1-2H3,(H2,10,11,12,13). The molecule has 0 spiro atoms. The summed E-state index contributed by atoms with van der Waals surface area (Å²) in [4.78, 5) is 11.6. The zero-order valence-corrected chi connectivity index (χ0v) is 9.47. The van der Waals surface area contributed by atoms with Gasteiger partial charge in [0.15, 0.2) is 0 Å². The van der Waals surface area contributed by atoms with Crippen LogP contribution in [0.5, 0.6) is 12.0 Å². The smallest absolute Gasteiger partial charge is 0.324 e. The van der Waals surface area contributed by atoms with Gasteiger partial charge in [0.05, 0.1) is 13.2 Å². The van der Waals surface area contributed by atoms with Crippen molar-refractivity contribution in [2.24, 2.45) is 0 Å². The average Bonchev–Trinajstić information content (AvgIpc) is 2.24. The van der Waals surface area contributed by atoms with Gasteiger partial charge in [-0.1, -0.05) is 0 Å². The highest BCUT2D eigenvalue weighted by molar-refractivity contribution is 5.20. The first-order valence-electron chi connectivity index (χ1n) is 5.02. The second kappa shape index (κ2) is 6.78. The summed E-state index contributed by atoms with van der Waals surface area (Å²) in [7, 11) is 1.63. The van der Waals surface area contributed by atoms with Crippen molar-refractivity contribution in [2.75, 3.05) is 32.7 Å². The number of nitrogens with two attached hydrogens (primary N) is 1. The summed E-state index contributed by atoms with van der Waals surface area (Å²) in [5.74, 6) is 0.0835. The van der Waals surface area contributed by atoms with Crippen LogP contribution in [-0.2, 0) is 4.74 Å². The molecule has 7 heteroatoms. The Balaban J connectivity index is 2.51. The summed E-state index contributed by atoms with van der Waals surface area (Å²) < 4.78 is 15.3. The summed E-state index contributed by atoms with van der Waals surface area (Å²) >= 11 is 0. The van der Waals surface area contributed by atoms with E-state index < -0.39 is 0 Å². The van der Waals surface area contributed by atoms with Gasteiger partial charge in [-0.15, -0.1) is 4.98 Å². The highest BCUT2D eigenvalue weighted by atomic mass is 16.5. The number of hydrogen-bond acceptors (Lipinski definition) is 7. The Morgan fingerprint density at radius 3 is 2.38 bits per heavy atom. The fourth-order valence-corrected chi connectivity index (χ4v) is 0.978. The number of hydrogen-bond donors (Lipinski definition) is 1. The van der Waals surface area contributed by atoms with Crippen molar-refractivity contribution < 1.29 is 14.2 Å². The molecule has 1 rings (SSSR count). The molecular formula is C9H16N4O3. The number of anilines is 1. The molecule has 0 aliphatic heterocycles. The third-order valence-corrected chi connectivity index (χ3v) is 1.61. The van der Waals surface area contributed by atoms with E-state index in [0.717, 1.165) is 6.42 Å². The zero-order valence-electron chi connectivity index (χ0n) is 9.47. The minimum Gasteiger partial charge on any atom is -0.464 e. The SMILES string of the molecule is CCOc1nc(N)nc(OCCCOC)n1. The highest BCUT2D eigenvalue weighted by Gasteiger charge is 2.05. The van der Waals surface area contributed by atoms with Crippen LogP contribution in [0.2, 0.25) is 0 Å². The van der Waals surface area contributed by atoms with Crippen LogP contribution in [0.1, 0.15) is 13.3 Å². The first kappa shape index (κ1) is 12.4. The van der Waals surface area contributed by atoms with Gasteiger partial charge in [-0.3, -0.25) is 0 Å². The third-order valence-electron chi connectivity index (χ3n) is 1.61. The Bertz CT molecular complexity index is 322. The number of nitrogen functional groups attached to an aromatic ring is 1. The van der Waals surface area contributed by atoms with Crippen molar-refractivity contribution >= 4 is 5.95 Å². The van der Waals surface area contributed by atoms with Crippen molar-refractivity contribution in [3.63, 3.8) is 0 Å². The first-order chi connectivity index (χ1) is 7.76. The summed E-state index contributed by atoms with van der Waals surface area (Å²) in [6.07, 6.45) is 0.756. The molecule has 1 heterocycles. The Morgan fingerprint density at radius 2 is 1.75 bits per heavy atom. The molecule has 0 unspecified atom stereocenters. The van der Waals surface area contributed by atoms with Crippen LogP contribution >= 0.6 is 0 Å². The molecule has 0 amide bonds. The van der Waals surface area contributed by atoms with Crippen LogP contribution < -0.4 is 15.2 Å². The molecule has 0 atom stereocenters. The molecule has 0 aromatic carbocycles. The third kappa shape index (κ3) is 4.26. The maximum atomic E-state index is 5.47. The summed E-state index contributed by atoms with van der Waals surface area (Å²) in [6.45, 7) is 3.38. The lowest BCUT2D eigenvalue weighted by atomic mass is 10.5. The Hall–Kier alpha value is -1.63. The second-order valence-corrected chi connectivity index (χ2v) is 2.89. The monoisotopic (exact) mass is 228 g/mol. The van der Waals surface area contributed by atoms with Crippen LogP contribution in [0.15, 0.2) is 0 Å². The minimum atomic E-state index is 0.0835.